The van der Waals surface area contributed by atoms with Crippen LogP contribution in [0.4, 0.5) is 0 Å². The third-order valence-electron chi connectivity index (χ3n) is 5.31. The van der Waals surface area contributed by atoms with Crippen LogP contribution >= 0.6 is 24.0 Å². The monoisotopic (exact) mass is 498 g/mol. The molecule has 27 heavy (non-hydrogen) atoms. The van der Waals surface area contributed by atoms with Gasteiger partial charge in [-0.2, -0.15) is 0 Å². The molecule has 0 atom stereocenters. The maximum absolute atomic E-state index is 5.57. The van der Waals surface area contributed by atoms with Crippen LogP contribution < -0.4 is 10.6 Å². The summed E-state index contributed by atoms with van der Waals surface area (Å²) < 4.78 is 16.1. The first-order valence-electron chi connectivity index (χ1n) is 10.2. The molecule has 1 aliphatic heterocycles. The van der Waals surface area contributed by atoms with Gasteiger partial charge in [-0.1, -0.05) is 19.3 Å². The van der Waals surface area contributed by atoms with E-state index in [2.05, 4.69) is 22.5 Å². The molecule has 160 valence electrons. The smallest absolute Gasteiger partial charge is 0.191 e. The number of guanidine groups is 1. The van der Waals surface area contributed by atoms with Gasteiger partial charge in [0.1, 0.15) is 0 Å². The van der Waals surface area contributed by atoms with Crippen molar-refractivity contribution in [1.82, 2.24) is 15.5 Å². The zero-order valence-electron chi connectivity index (χ0n) is 17.1. The number of aliphatic imine (C=N–C) groups is 1. The summed E-state index contributed by atoms with van der Waals surface area (Å²) in [6.45, 7) is 10.3. The Balaban J connectivity index is 0.00000364. The van der Waals surface area contributed by atoms with Gasteiger partial charge in [0.25, 0.3) is 0 Å². The second kappa shape index (κ2) is 14.8. The summed E-state index contributed by atoms with van der Waals surface area (Å²) in [7, 11) is 1.69. The van der Waals surface area contributed by atoms with Crippen molar-refractivity contribution in [3.05, 3.63) is 0 Å². The van der Waals surface area contributed by atoms with Gasteiger partial charge in [0.15, 0.2) is 5.96 Å². The van der Waals surface area contributed by atoms with Crippen LogP contribution in [0.2, 0.25) is 0 Å². The standard InChI is InChI=1S/C19H38N4O3.HI/c1-3-20-18(21-9-12-25-16-15-24-2)22-17-19(7-5-4-6-8-19)23-10-13-26-14-11-23;/h3-17H2,1-2H3,(H2,20,21,22);1H. The van der Waals surface area contributed by atoms with E-state index in [1.54, 1.807) is 7.11 Å². The van der Waals surface area contributed by atoms with E-state index in [0.717, 1.165) is 51.9 Å². The number of morpholine rings is 1. The fourth-order valence-corrected chi connectivity index (χ4v) is 3.88. The van der Waals surface area contributed by atoms with Crippen molar-refractivity contribution in [1.29, 1.82) is 0 Å². The summed E-state index contributed by atoms with van der Waals surface area (Å²) in [5.41, 5.74) is 0.208. The molecule has 0 aromatic carbocycles. The minimum Gasteiger partial charge on any atom is -0.382 e. The molecule has 0 spiro atoms. The fraction of sp³-hybridized carbons (Fsp3) is 0.947. The van der Waals surface area contributed by atoms with Crippen molar-refractivity contribution in [3.8, 4) is 0 Å². The molecule has 2 N–H and O–H groups in total. The van der Waals surface area contributed by atoms with Crippen LogP contribution in [-0.2, 0) is 14.2 Å². The highest BCUT2D eigenvalue weighted by atomic mass is 127. The van der Waals surface area contributed by atoms with Gasteiger partial charge in [-0.05, 0) is 19.8 Å². The van der Waals surface area contributed by atoms with E-state index in [-0.39, 0.29) is 29.5 Å². The van der Waals surface area contributed by atoms with Crippen molar-refractivity contribution in [2.45, 2.75) is 44.6 Å². The molecule has 0 bridgehead atoms. The molecule has 1 aliphatic carbocycles. The largest absolute Gasteiger partial charge is 0.382 e. The molecule has 7 nitrogen and oxygen atoms in total. The van der Waals surface area contributed by atoms with E-state index >= 15 is 0 Å². The summed E-state index contributed by atoms with van der Waals surface area (Å²) in [5, 5.41) is 6.75. The van der Waals surface area contributed by atoms with Crippen molar-refractivity contribution in [2.24, 2.45) is 4.99 Å². The first kappa shape index (κ1) is 24.9. The third-order valence-corrected chi connectivity index (χ3v) is 5.31. The molecule has 0 radical (unpaired) electrons. The minimum absolute atomic E-state index is 0. The average Bonchev–Trinajstić information content (AvgIpc) is 2.70. The molecular weight excluding hydrogens is 459 g/mol. The van der Waals surface area contributed by atoms with Crippen LogP contribution in [0.15, 0.2) is 4.99 Å². The van der Waals surface area contributed by atoms with E-state index in [1.165, 1.54) is 32.1 Å². The van der Waals surface area contributed by atoms with Crippen molar-refractivity contribution in [2.75, 3.05) is 72.9 Å². The van der Waals surface area contributed by atoms with Gasteiger partial charge in [0.05, 0.1) is 39.6 Å². The van der Waals surface area contributed by atoms with Gasteiger partial charge in [-0.15, -0.1) is 24.0 Å². The van der Waals surface area contributed by atoms with Crippen molar-refractivity contribution >= 4 is 29.9 Å². The zero-order chi connectivity index (χ0) is 18.5. The summed E-state index contributed by atoms with van der Waals surface area (Å²) in [6, 6.07) is 0. The second-order valence-electron chi connectivity index (χ2n) is 7.11. The fourth-order valence-electron chi connectivity index (χ4n) is 3.88. The molecule has 0 unspecified atom stereocenters. The van der Waals surface area contributed by atoms with Gasteiger partial charge >= 0.3 is 0 Å². The quantitative estimate of drug-likeness (QED) is 0.208. The molecule has 1 heterocycles. The zero-order valence-corrected chi connectivity index (χ0v) is 19.5. The Morgan fingerprint density at radius 3 is 2.48 bits per heavy atom. The molecule has 1 saturated heterocycles. The van der Waals surface area contributed by atoms with Gasteiger partial charge in [-0.25, -0.2) is 0 Å². The Hall–Kier alpha value is -0.160. The van der Waals surface area contributed by atoms with Gasteiger partial charge < -0.3 is 24.8 Å². The van der Waals surface area contributed by atoms with Gasteiger partial charge in [0.2, 0.25) is 0 Å². The normalized spacial score (nSPS) is 20.7. The van der Waals surface area contributed by atoms with Crippen molar-refractivity contribution in [3.63, 3.8) is 0 Å². The highest BCUT2D eigenvalue weighted by molar-refractivity contribution is 14.0. The van der Waals surface area contributed by atoms with Crippen LogP contribution in [0.1, 0.15) is 39.0 Å². The van der Waals surface area contributed by atoms with E-state index in [4.69, 9.17) is 19.2 Å². The number of nitrogens with zero attached hydrogens (tertiary/aromatic N) is 2. The van der Waals surface area contributed by atoms with Gasteiger partial charge in [-0.3, -0.25) is 9.89 Å². The second-order valence-corrected chi connectivity index (χ2v) is 7.11. The van der Waals surface area contributed by atoms with Crippen LogP contribution in [0.3, 0.4) is 0 Å². The number of methoxy groups -OCH3 is 1. The average molecular weight is 498 g/mol. The number of halogens is 1. The molecule has 0 aromatic heterocycles. The summed E-state index contributed by atoms with van der Waals surface area (Å²) in [4.78, 5) is 7.59. The highest BCUT2D eigenvalue weighted by Gasteiger charge is 2.38. The van der Waals surface area contributed by atoms with Crippen molar-refractivity contribution < 1.29 is 14.2 Å². The van der Waals surface area contributed by atoms with E-state index in [0.29, 0.717) is 19.8 Å². The SMILES string of the molecule is CCNC(=NCC1(N2CCOCC2)CCCCC1)NCCOCCOC.I. The maximum Gasteiger partial charge on any atom is 0.191 e. The lowest BCUT2D eigenvalue weighted by Crippen LogP contribution is -2.56. The Morgan fingerprint density at radius 1 is 1.07 bits per heavy atom. The van der Waals surface area contributed by atoms with Crippen LogP contribution in [-0.4, -0.2) is 89.3 Å². The summed E-state index contributed by atoms with van der Waals surface area (Å²) >= 11 is 0. The third kappa shape index (κ3) is 8.81. The number of hydrogen-bond donors (Lipinski definition) is 2. The topological polar surface area (TPSA) is 67.4 Å². The van der Waals surface area contributed by atoms with Crippen LogP contribution in [0, 0.1) is 0 Å². The lowest BCUT2D eigenvalue weighted by atomic mass is 9.80. The maximum atomic E-state index is 5.57. The Labute approximate surface area is 182 Å². The lowest BCUT2D eigenvalue weighted by Gasteiger charge is -2.47. The molecule has 1 saturated carbocycles. The first-order chi connectivity index (χ1) is 12.8. The number of rotatable bonds is 10. The minimum atomic E-state index is 0. The number of hydrogen-bond acceptors (Lipinski definition) is 5. The Kier molecular flexibility index (Phi) is 13.6. The summed E-state index contributed by atoms with van der Waals surface area (Å²) in [6.07, 6.45) is 6.47. The van der Waals surface area contributed by atoms with E-state index in [9.17, 15) is 0 Å². The van der Waals surface area contributed by atoms with E-state index < -0.39 is 0 Å². The lowest BCUT2D eigenvalue weighted by molar-refractivity contribution is -0.0333. The first-order valence-corrected chi connectivity index (χ1v) is 10.2. The molecular formula is C19H39IN4O3. The molecule has 0 aromatic rings. The van der Waals surface area contributed by atoms with Crippen LogP contribution in [0.5, 0.6) is 0 Å². The molecule has 8 heteroatoms. The molecule has 2 rings (SSSR count). The Bertz CT molecular complexity index is 400. The predicted molar refractivity (Wildman–Crippen MR) is 120 cm³/mol. The van der Waals surface area contributed by atoms with E-state index in [1.807, 2.05) is 0 Å². The van der Waals surface area contributed by atoms with Gasteiger partial charge in [0, 0.05) is 38.8 Å². The number of ether oxygens (including phenoxy) is 3. The Morgan fingerprint density at radius 2 is 1.81 bits per heavy atom. The summed E-state index contributed by atoms with van der Waals surface area (Å²) in [5.74, 6) is 0.890. The molecule has 2 fully saturated rings. The number of nitrogens with one attached hydrogen (secondary N) is 2. The predicted octanol–water partition coefficient (Wildman–Crippen LogP) is 1.86. The molecule has 0 amide bonds. The van der Waals surface area contributed by atoms with Crippen LogP contribution in [0.25, 0.3) is 0 Å². The highest BCUT2D eigenvalue weighted by Crippen LogP contribution is 2.34. The molecule has 2 aliphatic rings.